The van der Waals surface area contributed by atoms with Crippen molar-refractivity contribution in [1.82, 2.24) is 14.6 Å². The van der Waals surface area contributed by atoms with E-state index in [1.807, 2.05) is 0 Å². The van der Waals surface area contributed by atoms with Crippen molar-refractivity contribution in [3.63, 3.8) is 0 Å². The van der Waals surface area contributed by atoms with Crippen LogP contribution in [0.1, 0.15) is 37.5 Å². The molecule has 2 aromatic carbocycles. The second kappa shape index (κ2) is 11.1. The van der Waals surface area contributed by atoms with Gasteiger partial charge in [-0.1, -0.05) is 51.1 Å². The maximum Gasteiger partial charge on any atom is 0.261 e. The number of hydrogen-bond donors (Lipinski definition) is 2. The molecule has 5 rings (SSSR count). The van der Waals surface area contributed by atoms with Crippen molar-refractivity contribution in [2.75, 3.05) is 50.4 Å². The zero-order valence-corrected chi connectivity index (χ0v) is 23.3. The third-order valence-corrected chi connectivity index (χ3v) is 8.17. The number of likely N-dealkylation sites (N-methyl/N-ethyl adjacent to an activating group) is 1. The van der Waals surface area contributed by atoms with E-state index in [9.17, 15) is 8.42 Å². The van der Waals surface area contributed by atoms with Gasteiger partial charge in [0.05, 0.1) is 11.0 Å². The molecule has 1 aliphatic heterocycles. The molecule has 3 aromatic rings. The first-order valence-corrected chi connectivity index (χ1v) is 15.3. The molecule has 0 saturated carbocycles. The molecule has 0 bridgehead atoms. The van der Waals surface area contributed by atoms with Crippen LogP contribution in [-0.2, 0) is 28.4 Å². The van der Waals surface area contributed by atoms with Gasteiger partial charge >= 0.3 is 0 Å². The fourth-order valence-corrected chi connectivity index (χ4v) is 6.20. The van der Waals surface area contributed by atoms with Crippen LogP contribution in [0.25, 0.3) is 10.1 Å². The Morgan fingerprint density at radius 2 is 1.83 bits per heavy atom. The third-order valence-electron chi connectivity index (χ3n) is 7.36. The van der Waals surface area contributed by atoms with Gasteiger partial charge in [-0.25, -0.2) is 0 Å². The minimum Gasteiger partial charge on any atom is -0.353 e. The first-order chi connectivity index (χ1) is 17.1. The topological polar surface area (TPSA) is 85.8 Å². The summed E-state index contributed by atoms with van der Waals surface area (Å²) in [5.74, 6) is 1.18. The average molecular weight is 531 g/mol. The average Bonchev–Trinajstić information content (AvgIpc) is 3.36. The van der Waals surface area contributed by atoms with E-state index in [-0.39, 0.29) is 5.41 Å². The molecule has 0 radical (unpaired) electrons. The van der Waals surface area contributed by atoms with E-state index in [2.05, 4.69) is 78.4 Å². The Kier molecular flexibility index (Phi) is 8.36. The number of aromatic nitrogens is 1. The molecule has 1 fully saturated rings. The van der Waals surface area contributed by atoms with E-state index in [1.165, 1.54) is 27.0 Å². The SMILES string of the molecule is CCNC1Cc2cc(CCN3CCN(c4nsc5ccccc45)CC3)ccc2C1(C)C.CS(=O)(=O)O. The fraction of sp³-hybridized carbons (Fsp3) is 0.519. The molecule has 1 aliphatic carbocycles. The molecule has 1 unspecified atom stereocenters. The van der Waals surface area contributed by atoms with Gasteiger partial charge in [0.15, 0.2) is 0 Å². The molecular formula is C27H38N4O3S2. The van der Waals surface area contributed by atoms with E-state index in [0.29, 0.717) is 12.3 Å². The van der Waals surface area contributed by atoms with Crippen LogP contribution in [0.2, 0.25) is 0 Å². The summed E-state index contributed by atoms with van der Waals surface area (Å²) in [5, 5.41) is 5.00. The van der Waals surface area contributed by atoms with Gasteiger partial charge in [0.25, 0.3) is 10.1 Å². The van der Waals surface area contributed by atoms with Gasteiger partial charge in [0.2, 0.25) is 0 Å². The highest BCUT2D eigenvalue weighted by Crippen LogP contribution is 2.39. The summed E-state index contributed by atoms with van der Waals surface area (Å²) in [6, 6.07) is 16.4. The molecule has 2 N–H and O–H groups in total. The molecule has 1 saturated heterocycles. The van der Waals surface area contributed by atoms with Crippen LogP contribution in [0.4, 0.5) is 5.82 Å². The predicted molar refractivity (Wildman–Crippen MR) is 150 cm³/mol. The molecule has 2 aliphatic rings. The number of piperazine rings is 1. The summed E-state index contributed by atoms with van der Waals surface area (Å²) in [6.07, 6.45) is 3.01. The monoisotopic (exact) mass is 530 g/mol. The second-order valence-corrected chi connectivity index (χ2v) is 12.6. The third kappa shape index (κ3) is 6.44. The number of anilines is 1. The highest BCUT2D eigenvalue weighted by Gasteiger charge is 2.38. The first kappa shape index (κ1) is 27.0. The van der Waals surface area contributed by atoms with Crippen molar-refractivity contribution >= 4 is 37.6 Å². The van der Waals surface area contributed by atoms with Gasteiger partial charge < -0.3 is 10.2 Å². The summed E-state index contributed by atoms with van der Waals surface area (Å²) < 4.78 is 31.9. The van der Waals surface area contributed by atoms with Crippen LogP contribution >= 0.6 is 11.5 Å². The van der Waals surface area contributed by atoms with Gasteiger partial charge in [-0.2, -0.15) is 12.8 Å². The van der Waals surface area contributed by atoms with Crippen molar-refractivity contribution < 1.29 is 13.0 Å². The van der Waals surface area contributed by atoms with E-state index < -0.39 is 10.1 Å². The molecule has 9 heteroatoms. The number of rotatable bonds is 6. The Balaban J connectivity index is 0.000000556. The smallest absolute Gasteiger partial charge is 0.261 e. The molecule has 0 spiro atoms. The Labute approximate surface area is 219 Å². The maximum absolute atomic E-state index is 9.19. The van der Waals surface area contributed by atoms with E-state index in [0.717, 1.165) is 52.1 Å². The van der Waals surface area contributed by atoms with Crippen molar-refractivity contribution in [2.24, 2.45) is 0 Å². The second-order valence-electron chi connectivity index (χ2n) is 10.3. The van der Waals surface area contributed by atoms with Crippen molar-refractivity contribution in [3.8, 4) is 0 Å². The molecule has 36 heavy (non-hydrogen) atoms. The van der Waals surface area contributed by atoms with Gasteiger partial charge in [-0.3, -0.25) is 9.45 Å². The van der Waals surface area contributed by atoms with Crippen LogP contribution in [-0.4, -0.2) is 73.8 Å². The highest BCUT2D eigenvalue weighted by atomic mass is 32.2. The van der Waals surface area contributed by atoms with Crippen LogP contribution in [0.5, 0.6) is 0 Å². The van der Waals surface area contributed by atoms with Gasteiger partial charge in [0.1, 0.15) is 5.82 Å². The lowest BCUT2D eigenvalue weighted by Crippen LogP contribution is -2.47. The van der Waals surface area contributed by atoms with Crippen LogP contribution < -0.4 is 10.2 Å². The number of nitrogens with one attached hydrogen (secondary N) is 1. The number of hydrogen-bond acceptors (Lipinski definition) is 7. The Morgan fingerprint density at radius 1 is 1.14 bits per heavy atom. The number of benzene rings is 2. The van der Waals surface area contributed by atoms with E-state index in [1.54, 1.807) is 17.1 Å². The van der Waals surface area contributed by atoms with Gasteiger partial charge in [0, 0.05) is 49.6 Å². The molecule has 1 atom stereocenters. The van der Waals surface area contributed by atoms with Crippen LogP contribution in [0.15, 0.2) is 42.5 Å². The van der Waals surface area contributed by atoms with Gasteiger partial charge in [-0.05, 0) is 59.7 Å². The quantitative estimate of drug-likeness (QED) is 0.466. The lowest BCUT2D eigenvalue weighted by atomic mass is 9.83. The molecule has 1 aromatic heterocycles. The molecular weight excluding hydrogens is 492 g/mol. The highest BCUT2D eigenvalue weighted by molar-refractivity contribution is 7.85. The lowest BCUT2D eigenvalue weighted by molar-refractivity contribution is 0.260. The Bertz CT molecular complexity index is 1270. The minimum absolute atomic E-state index is 0.222. The fourth-order valence-electron chi connectivity index (χ4n) is 5.41. The molecule has 2 heterocycles. The molecule has 196 valence electrons. The zero-order valence-electron chi connectivity index (χ0n) is 21.7. The van der Waals surface area contributed by atoms with E-state index in [4.69, 9.17) is 8.93 Å². The standard InChI is InChI=1S/C26H34N4S.CH4O3S/c1-4-27-24-18-20-17-19(9-10-22(20)26(24,2)3)11-12-29-13-15-30(16-14-29)25-21-7-5-6-8-23(21)31-28-25;1-5(2,3)4/h5-10,17,24,27H,4,11-16,18H2,1-3H3;1H3,(H,2,3,4). The Morgan fingerprint density at radius 3 is 2.53 bits per heavy atom. The van der Waals surface area contributed by atoms with Crippen molar-refractivity contribution in [3.05, 3.63) is 59.2 Å². The van der Waals surface area contributed by atoms with E-state index >= 15 is 0 Å². The normalized spacial score (nSPS) is 19.7. The molecule has 0 amide bonds. The van der Waals surface area contributed by atoms with Gasteiger partial charge in [-0.15, -0.1) is 0 Å². The summed E-state index contributed by atoms with van der Waals surface area (Å²) in [6.45, 7) is 13.5. The summed E-state index contributed by atoms with van der Waals surface area (Å²) in [7, 11) is -3.67. The largest absolute Gasteiger partial charge is 0.353 e. The number of fused-ring (bicyclic) bond motifs is 2. The zero-order chi connectivity index (χ0) is 25.9. The number of nitrogens with zero attached hydrogens (tertiary/aromatic N) is 3. The first-order valence-electron chi connectivity index (χ1n) is 12.7. The van der Waals surface area contributed by atoms with Crippen LogP contribution in [0, 0.1) is 0 Å². The van der Waals surface area contributed by atoms with Crippen LogP contribution in [0.3, 0.4) is 0 Å². The minimum atomic E-state index is -3.67. The summed E-state index contributed by atoms with van der Waals surface area (Å²) in [4.78, 5) is 5.08. The van der Waals surface area contributed by atoms with Crippen molar-refractivity contribution in [1.29, 1.82) is 0 Å². The maximum atomic E-state index is 9.19. The summed E-state index contributed by atoms with van der Waals surface area (Å²) in [5.41, 5.74) is 4.79. The lowest BCUT2D eigenvalue weighted by Gasteiger charge is -2.35. The van der Waals surface area contributed by atoms with Crippen molar-refractivity contribution in [2.45, 2.75) is 45.1 Å². The summed E-state index contributed by atoms with van der Waals surface area (Å²) >= 11 is 1.62. The Hall–Kier alpha value is -2.04. The molecule has 7 nitrogen and oxygen atoms in total. The predicted octanol–water partition coefficient (Wildman–Crippen LogP) is 3.98.